The first-order chi connectivity index (χ1) is 9.72. The molecule has 2 aliphatic rings. The Hall–Kier alpha value is -1.62. The van der Waals surface area contributed by atoms with Crippen molar-refractivity contribution in [2.75, 3.05) is 0 Å². The zero-order chi connectivity index (χ0) is 13.9. The van der Waals surface area contributed by atoms with E-state index in [1.54, 1.807) is 6.07 Å². The molecule has 0 radical (unpaired) electrons. The van der Waals surface area contributed by atoms with Gasteiger partial charge in [0.1, 0.15) is 6.10 Å². The molecule has 0 saturated heterocycles. The third-order valence-electron chi connectivity index (χ3n) is 3.89. The molecule has 0 atom stereocenters. The van der Waals surface area contributed by atoms with E-state index in [0.29, 0.717) is 5.92 Å². The van der Waals surface area contributed by atoms with Crippen LogP contribution in [0.25, 0.3) is 0 Å². The molecule has 0 bridgehead atoms. The molecule has 5 heteroatoms. The lowest BCUT2D eigenvalue weighted by Crippen LogP contribution is -2.19. The number of carboxylic acids is 1. The second-order valence-corrected chi connectivity index (χ2v) is 5.64. The third kappa shape index (κ3) is 3.28. The topological polar surface area (TPSA) is 68.7 Å². The molecule has 1 aromatic heterocycles. The fraction of sp³-hybridized carbons (Fsp3) is 0.600. The lowest BCUT2D eigenvalue weighted by atomic mass is 9.98. The quantitative estimate of drug-likeness (QED) is 0.660. The molecule has 1 aromatic rings. The zero-order valence-electron chi connectivity index (χ0n) is 11.4. The maximum Gasteiger partial charge on any atom is 0.335 e. The normalized spacial score (nSPS) is 19.8. The minimum atomic E-state index is -0.961. The summed E-state index contributed by atoms with van der Waals surface area (Å²) >= 11 is 0. The molecule has 0 spiro atoms. The molecule has 108 valence electrons. The summed E-state index contributed by atoms with van der Waals surface area (Å²) in [7, 11) is 0. The Balaban J connectivity index is 1.69. The minimum absolute atomic E-state index is 0.100. The van der Waals surface area contributed by atoms with E-state index in [4.69, 9.17) is 14.9 Å². The van der Waals surface area contributed by atoms with Gasteiger partial charge in [-0.05, 0) is 31.7 Å². The Bertz CT molecular complexity index is 493. The molecule has 0 amide bonds. The van der Waals surface area contributed by atoms with Crippen molar-refractivity contribution in [3.8, 4) is 5.88 Å². The van der Waals surface area contributed by atoms with Crippen LogP contribution in [-0.4, -0.2) is 22.2 Å². The number of carbonyl (C=O) groups is 1. The van der Waals surface area contributed by atoms with Gasteiger partial charge < -0.3 is 9.99 Å². The summed E-state index contributed by atoms with van der Waals surface area (Å²) in [6.07, 6.45) is 7.79. The van der Waals surface area contributed by atoms with Gasteiger partial charge in [-0.1, -0.05) is 19.3 Å². The smallest absolute Gasteiger partial charge is 0.335 e. The highest BCUT2D eigenvalue weighted by Crippen LogP contribution is 2.40. The molecule has 1 heterocycles. The molecule has 0 aromatic carbocycles. The van der Waals surface area contributed by atoms with Crippen LogP contribution in [0, 0.1) is 0 Å². The lowest BCUT2D eigenvalue weighted by Gasteiger charge is -2.20. The molecular formula is C15H19NO4. The monoisotopic (exact) mass is 277 g/mol. The van der Waals surface area contributed by atoms with Crippen LogP contribution in [0.3, 0.4) is 0 Å². The Morgan fingerprint density at radius 2 is 1.90 bits per heavy atom. The Labute approximate surface area is 117 Å². The largest absolute Gasteiger partial charge is 0.478 e. The van der Waals surface area contributed by atoms with Crippen molar-refractivity contribution < 1.29 is 19.7 Å². The second-order valence-electron chi connectivity index (χ2n) is 5.64. The molecule has 20 heavy (non-hydrogen) atoms. The van der Waals surface area contributed by atoms with E-state index < -0.39 is 5.97 Å². The Morgan fingerprint density at radius 1 is 1.15 bits per heavy atom. The molecule has 3 rings (SSSR count). The molecule has 2 aliphatic carbocycles. The van der Waals surface area contributed by atoms with Crippen molar-refractivity contribution in [3.63, 3.8) is 0 Å². The van der Waals surface area contributed by atoms with Crippen LogP contribution >= 0.6 is 0 Å². The number of hydrogen-bond acceptors (Lipinski definition) is 4. The minimum Gasteiger partial charge on any atom is -0.478 e. The van der Waals surface area contributed by atoms with Gasteiger partial charge >= 0.3 is 5.97 Å². The molecular weight excluding hydrogens is 258 g/mol. The number of hydrogen-bond donors (Lipinski definition) is 1. The van der Waals surface area contributed by atoms with Crippen LogP contribution in [-0.2, 0) is 4.89 Å². The van der Waals surface area contributed by atoms with Crippen molar-refractivity contribution in [2.24, 2.45) is 0 Å². The van der Waals surface area contributed by atoms with Gasteiger partial charge in [-0.2, -0.15) is 4.89 Å². The first-order valence-corrected chi connectivity index (χ1v) is 7.31. The number of pyridine rings is 1. The average Bonchev–Trinajstić information content (AvgIpc) is 3.30. The Morgan fingerprint density at radius 3 is 2.55 bits per heavy atom. The second kappa shape index (κ2) is 5.79. The van der Waals surface area contributed by atoms with Crippen LogP contribution in [0.1, 0.15) is 66.9 Å². The van der Waals surface area contributed by atoms with Crippen LogP contribution < -0.4 is 4.89 Å². The summed E-state index contributed by atoms with van der Waals surface area (Å²) in [5.41, 5.74) is 1.01. The van der Waals surface area contributed by atoms with Crippen LogP contribution in [0.15, 0.2) is 12.1 Å². The fourth-order valence-corrected chi connectivity index (χ4v) is 2.56. The van der Waals surface area contributed by atoms with Gasteiger partial charge in [0.15, 0.2) is 0 Å². The van der Waals surface area contributed by atoms with Gasteiger partial charge in [0, 0.05) is 17.7 Å². The molecule has 5 nitrogen and oxygen atoms in total. The maximum atomic E-state index is 11.1. The standard InChI is InChI=1S/C15H19NO4/c17-15(18)11-8-13(10-6-7-10)16-14(9-11)20-19-12-4-2-1-3-5-12/h8-10,12H,1-7H2,(H,17,18). The van der Waals surface area contributed by atoms with Gasteiger partial charge in [-0.25, -0.2) is 9.78 Å². The molecule has 0 aliphatic heterocycles. The molecule has 0 unspecified atom stereocenters. The van der Waals surface area contributed by atoms with Crippen LogP contribution in [0.4, 0.5) is 0 Å². The average molecular weight is 277 g/mol. The van der Waals surface area contributed by atoms with Gasteiger partial charge in [-0.3, -0.25) is 0 Å². The summed E-state index contributed by atoms with van der Waals surface area (Å²) in [5, 5.41) is 9.13. The number of nitrogens with zero attached hydrogens (tertiary/aromatic N) is 1. The van der Waals surface area contributed by atoms with Crippen LogP contribution in [0.2, 0.25) is 0 Å². The van der Waals surface area contributed by atoms with Crippen molar-refractivity contribution in [1.29, 1.82) is 0 Å². The molecule has 2 fully saturated rings. The van der Waals surface area contributed by atoms with Gasteiger partial charge in [0.2, 0.25) is 0 Å². The van der Waals surface area contributed by atoms with Crippen LogP contribution in [0.5, 0.6) is 5.88 Å². The first kappa shape index (κ1) is 13.4. The van der Waals surface area contributed by atoms with Crippen molar-refractivity contribution in [2.45, 2.75) is 57.0 Å². The van der Waals surface area contributed by atoms with E-state index in [1.807, 2.05) is 0 Å². The highest BCUT2D eigenvalue weighted by Gasteiger charge is 2.27. The van der Waals surface area contributed by atoms with Gasteiger partial charge in [-0.15, -0.1) is 0 Å². The summed E-state index contributed by atoms with van der Waals surface area (Å²) in [6.45, 7) is 0. The van der Waals surface area contributed by atoms with Crippen molar-refractivity contribution in [1.82, 2.24) is 4.98 Å². The predicted octanol–water partition coefficient (Wildman–Crippen LogP) is 3.30. The number of rotatable bonds is 5. The summed E-state index contributed by atoms with van der Waals surface area (Å²) in [6, 6.07) is 3.06. The highest BCUT2D eigenvalue weighted by molar-refractivity contribution is 5.88. The van der Waals surface area contributed by atoms with Crippen molar-refractivity contribution in [3.05, 3.63) is 23.4 Å². The first-order valence-electron chi connectivity index (χ1n) is 7.31. The fourth-order valence-electron chi connectivity index (χ4n) is 2.56. The van der Waals surface area contributed by atoms with Crippen molar-refractivity contribution >= 4 is 5.97 Å². The van der Waals surface area contributed by atoms with E-state index in [9.17, 15) is 4.79 Å². The predicted molar refractivity (Wildman–Crippen MR) is 71.8 cm³/mol. The third-order valence-corrected chi connectivity index (χ3v) is 3.89. The molecule has 1 N–H and O–H groups in total. The summed E-state index contributed by atoms with van der Waals surface area (Å²) < 4.78 is 0. The van der Waals surface area contributed by atoms with E-state index >= 15 is 0 Å². The van der Waals surface area contributed by atoms with E-state index in [0.717, 1.165) is 44.2 Å². The number of aromatic nitrogens is 1. The summed E-state index contributed by atoms with van der Waals surface area (Å²) in [4.78, 5) is 26.2. The van der Waals surface area contributed by atoms with E-state index in [-0.39, 0.29) is 17.5 Å². The van der Waals surface area contributed by atoms with Gasteiger partial charge in [0.25, 0.3) is 5.88 Å². The zero-order valence-corrected chi connectivity index (χ0v) is 11.4. The van der Waals surface area contributed by atoms with Gasteiger partial charge in [0.05, 0.1) is 5.56 Å². The Kier molecular flexibility index (Phi) is 3.87. The lowest BCUT2D eigenvalue weighted by molar-refractivity contribution is -0.253. The highest BCUT2D eigenvalue weighted by atomic mass is 17.2. The van der Waals surface area contributed by atoms with E-state index in [2.05, 4.69) is 4.98 Å². The number of aromatic carboxylic acids is 1. The number of carboxylic acid groups (broad SMARTS) is 1. The maximum absolute atomic E-state index is 11.1. The molecule has 2 saturated carbocycles. The summed E-state index contributed by atoms with van der Waals surface area (Å²) in [5.74, 6) is -0.319. The SMILES string of the molecule is O=C(O)c1cc(OOC2CCCCC2)nc(C2CC2)c1. The van der Waals surface area contributed by atoms with E-state index in [1.165, 1.54) is 12.5 Å².